The number of benzene rings is 1. The number of hydrogen-bond acceptors (Lipinski definition) is 3. The molecule has 104 valence electrons. The predicted octanol–water partition coefficient (Wildman–Crippen LogP) is 3.09. The fourth-order valence-corrected chi connectivity index (χ4v) is 2.66. The van der Waals surface area contributed by atoms with Crippen LogP contribution in [-0.4, -0.2) is 17.0 Å². The molecule has 3 heteroatoms. The van der Waals surface area contributed by atoms with Gasteiger partial charge in [-0.25, -0.2) is 9.97 Å². The summed E-state index contributed by atoms with van der Waals surface area (Å²) in [6.07, 6.45) is 5.55. The Bertz CT molecular complexity index is 632. The summed E-state index contributed by atoms with van der Waals surface area (Å²) >= 11 is 0. The molecule has 0 saturated carbocycles. The van der Waals surface area contributed by atoms with Crippen LogP contribution in [0.4, 0.5) is 0 Å². The van der Waals surface area contributed by atoms with Gasteiger partial charge >= 0.3 is 0 Å². The van der Waals surface area contributed by atoms with E-state index in [1.165, 1.54) is 36.0 Å². The molecular weight excluding hydrogens is 246 g/mol. The van der Waals surface area contributed by atoms with Crippen LogP contribution < -0.4 is 5.32 Å². The summed E-state index contributed by atoms with van der Waals surface area (Å²) in [4.78, 5) is 9.14. The first-order valence-electron chi connectivity index (χ1n) is 7.25. The van der Waals surface area contributed by atoms with Crippen molar-refractivity contribution in [2.75, 3.05) is 7.05 Å². The van der Waals surface area contributed by atoms with Gasteiger partial charge in [0.05, 0.1) is 11.2 Å². The van der Waals surface area contributed by atoms with Crippen LogP contribution in [-0.2, 0) is 18.4 Å². The maximum absolute atomic E-state index is 4.74. The third-order valence-electron chi connectivity index (χ3n) is 4.23. The van der Waals surface area contributed by atoms with E-state index in [0.717, 1.165) is 11.5 Å². The lowest BCUT2D eigenvalue weighted by atomic mass is 10.0. The Balaban J connectivity index is 2.00. The molecule has 0 radical (unpaired) electrons. The van der Waals surface area contributed by atoms with Crippen molar-refractivity contribution < 1.29 is 0 Å². The highest BCUT2D eigenvalue weighted by Gasteiger charge is 2.21. The first-order chi connectivity index (χ1) is 9.60. The quantitative estimate of drug-likeness (QED) is 0.928. The van der Waals surface area contributed by atoms with Crippen molar-refractivity contribution in [2.24, 2.45) is 0 Å². The van der Waals surface area contributed by atoms with Gasteiger partial charge in [-0.05, 0) is 63.4 Å². The van der Waals surface area contributed by atoms with Crippen molar-refractivity contribution in [1.82, 2.24) is 15.3 Å². The zero-order valence-corrected chi connectivity index (χ0v) is 12.4. The van der Waals surface area contributed by atoms with E-state index < -0.39 is 0 Å². The van der Waals surface area contributed by atoms with E-state index >= 15 is 0 Å². The summed E-state index contributed by atoms with van der Waals surface area (Å²) < 4.78 is 0. The highest BCUT2D eigenvalue weighted by atomic mass is 15.0. The zero-order valence-electron chi connectivity index (χ0n) is 12.4. The van der Waals surface area contributed by atoms with Crippen LogP contribution in [0, 0.1) is 0 Å². The highest BCUT2D eigenvalue weighted by molar-refractivity contribution is 5.61. The molecule has 1 aliphatic carbocycles. The van der Waals surface area contributed by atoms with Crippen LogP contribution in [0.1, 0.15) is 37.2 Å². The van der Waals surface area contributed by atoms with Crippen molar-refractivity contribution in [1.29, 1.82) is 0 Å². The van der Waals surface area contributed by atoms with Crippen LogP contribution in [0.5, 0.6) is 0 Å². The lowest BCUT2D eigenvalue weighted by molar-refractivity contribution is 0.417. The van der Waals surface area contributed by atoms with E-state index in [2.05, 4.69) is 42.3 Å². The smallest absolute Gasteiger partial charge is 0.148 e. The lowest BCUT2D eigenvalue weighted by Crippen LogP contribution is -2.35. The standard InChI is InChI=1S/C17H21N3/c1-17(2,18-3)16-19-10-9-15(20-16)14-8-7-12-5-4-6-13(12)11-14/h7-11,18H,4-6H2,1-3H3. The Hall–Kier alpha value is -1.74. The van der Waals surface area contributed by atoms with E-state index in [-0.39, 0.29) is 5.54 Å². The fraction of sp³-hybridized carbons (Fsp3) is 0.412. The zero-order chi connectivity index (χ0) is 14.2. The average molecular weight is 267 g/mol. The molecule has 1 aliphatic rings. The SMILES string of the molecule is CNC(C)(C)c1nccc(-c2ccc3c(c2)CCC3)n1. The third kappa shape index (κ3) is 2.34. The second-order valence-corrected chi connectivity index (χ2v) is 5.98. The van der Waals surface area contributed by atoms with Crippen LogP contribution in [0.15, 0.2) is 30.5 Å². The van der Waals surface area contributed by atoms with Gasteiger partial charge in [0.15, 0.2) is 0 Å². The first-order valence-corrected chi connectivity index (χ1v) is 7.25. The Labute approximate surface area is 120 Å². The number of aromatic nitrogens is 2. The molecule has 3 rings (SSSR count). The largest absolute Gasteiger partial charge is 0.308 e. The first kappa shape index (κ1) is 13.3. The summed E-state index contributed by atoms with van der Waals surface area (Å²) in [5.74, 6) is 0.831. The summed E-state index contributed by atoms with van der Waals surface area (Å²) in [5.41, 5.74) is 4.97. The predicted molar refractivity (Wildman–Crippen MR) is 81.6 cm³/mol. The molecule has 2 aromatic rings. The highest BCUT2D eigenvalue weighted by Crippen LogP contribution is 2.27. The van der Waals surface area contributed by atoms with Crippen molar-refractivity contribution in [3.05, 3.63) is 47.4 Å². The molecule has 0 aliphatic heterocycles. The molecular formula is C17H21N3. The van der Waals surface area contributed by atoms with E-state index in [1.54, 1.807) is 0 Å². The molecule has 0 atom stereocenters. The average Bonchev–Trinajstić information content (AvgIpc) is 2.94. The molecule has 0 amide bonds. The molecule has 0 unspecified atom stereocenters. The maximum Gasteiger partial charge on any atom is 0.148 e. The van der Waals surface area contributed by atoms with Crippen molar-refractivity contribution in [3.63, 3.8) is 0 Å². The Morgan fingerprint density at radius 3 is 2.70 bits per heavy atom. The number of fused-ring (bicyclic) bond motifs is 1. The molecule has 0 bridgehead atoms. The number of hydrogen-bond donors (Lipinski definition) is 1. The number of rotatable bonds is 3. The monoisotopic (exact) mass is 267 g/mol. The number of nitrogens with zero attached hydrogens (tertiary/aromatic N) is 2. The fourth-order valence-electron chi connectivity index (χ4n) is 2.66. The summed E-state index contributed by atoms with van der Waals surface area (Å²) in [7, 11) is 1.94. The Morgan fingerprint density at radius 2 is 1.90 bits per heavy atom. The Kier molecular flexibility index (Phi) is 3.30. The lowest BCUT2D eigenvalue weighted by Gasteiger charge is -2.22. The van der Waals surface area contributed by atoms with Crippen molar-refractivity contribution in [2.45, 2.75) is 38.6 Å². The maximum atomic E-state index is 4.74. The van der Waals surface area contributed by atoms with Crippen LogP contribution >= 0.6 is 0 Å². The van der Waals surface area contributed by atoms with Crippen LogP contribution in [0.2, 0.25) is 0 Å². The van der Waals surface area contributed by atoms with Gasteiger partial charge in [-0.3, -0.25) is 0 Å². The van der Waals surface area contributed by atoms with E-state index in [0.29, 0.717) is 0 Å². The molecule has 20 heavy (non-hydrogen) atoms. The minimum Gasteiger partial charge on any atom is -0.308 e. The van der Waals surface area contributed by atoms with Crippen LogP contribution in [0.25, 0.3) is 11.3 Å². The number of nitrogens with one attached hydrogen (secondary N) is 1. The van der Waals surface area contributed by atoms with Gasteiger partial charge in [-0.2, -0.15) is 0 Å². The van der Waals surface area contributed by atoms with Crippen molar-refractivity contribution >= 4 is 0 Å². The molecule has 1 aromatic heterocycles. The van der Waals surface area contributed by atoms with Gasteiger partial charge in [0.1, 0.15) is 5.82 Å². The molecule has 0 spiro atoms. The van der Waals surface area contributed by atoms with Crippen molar-refractivity contribution in [3.8, 4) is 11.3 Å². The second kappa shape index (κ2) is 4.98. The second-order valence-electron chi connectivity index (χ2n) is 5.98. The van der Waals surface area contributed by atoms with Gasteiger partial charge in [0.2, 0.25) is 0 Å². The summed E-state index contributed by atoms with van der Waals surface area (Å²) in [5, 5.41) is 3.25. The van der Waals surface area contributed by atoms with Crippen LogP contribution in [0.3, 0.4) is 0 Å². The Morgan fingerprint density at radius 1 is 1.10 bits per heavy atom. The molecule has 1 N–H and O–H groups in total. The van der Waals surface area contributed by atoms with Gasteiger partial charge < -0.3 is 5.32 Å². The molecule has 0 saturated heterocycles. The summed E-state index contributed by atoms with van der Waals surface area (Å²) in [6.45, 7) is 4.18. The topological polar surface area (TPSA) is 37.8 Å². The normalized spacial score (nSPS) is 14.3. The summed E-state index contributed by atoms with van der Waals surface area (Å²) in [6, 6.07) is 8.72. The van der Waals surface area contributed by atoms with E-state index in [1.807, 2.05) is 19.3 Å². The van der Waals surface area contributed by atoms with Gasteiger partial charge in [-0.1, -0.05) is 12.1 Å². The minimum atomic E-state index is -0.216. The van der Waals surface area contributed by atoms with E-state index in [9.17, 15) is 0 Å². The molecule has 3 nitrogen and oxygen atoms in total. The molecule has 1 aromatic carbocycles. The molecule has 1 heterocycles. The van der Waals surface area contributed by atoms with Gasteiger partial charge in [0, 0.05) is 11.8 Å². The van der Waals surface area contributed by atoms with Gasteiger partial charge in [0.25, 0.3) is 0 Å². The van der Waals surface area contributed by atoms with E-state index in [4.69, 9.17) is 4.98 Å². The molecule has 0 fully saturated rings. The minimum absolute atomic E-state index is 0.216. The van der Waals surface area contributed by atoms with Gasteiger partial charge in [-0.15, -0.1) is 0 Å². The number of aryl methyl sites for hydroxylation is 2. The third-order valence-corrected chi connectivity index (χ3v) is 4.23.